The average molecular weight is 878 g/mol. The number of nitrogens with zero attached hydrogens (tertiary/aromatic N) is 1. The van der Waals surface area contributed by atoms with Crippen LogP contribution in [0.25, 0.3) is 0 Å². The van der Waals surface area contributed by atoms with Crippen molar-refractivity contribution < 1.29 is 42.1 Å². The van der Waals surface area contributed by atoms with Crippen LogP contribution < -0.4 is 4.89 Å². The van der Waals surface area contributed by atoms with Crippen molar-refractivity contribution in [3.63, 3.8) is 0 Å². The van der Waals surface area contributed by atoms with Crippen LogP contribution in [0.2, 0.25) is 0 Å². The van der Waals surface area contributed by atoms with Gasteiger partial charge in [0.05, 0.1) is 27.7 Å². The lowest BCUT2D eigenvalue weighted by Gasteiger charge is -2.28. The van der Waals surface area contributed by atoms with Crippen LogP contribution in [0.15, 0.2) is 146 Å². The third-order valence-electron chi connectivity index (χ3n) is 8.38. The summed E-state index contributed by atoms with van der Waals surface area (Å²) >= 11 is 0. The van der Waals surface area contributed by atoms with Crippen LogP contribution in [0.5, 0.6) is 0 Å². The van der Waals surface area contributed by atoms with E-state index in [1.807, 2.05) is 45.4 Å². The molecule has 0 rings (SSSR count). The molecule has 62 heavy (non-hydrogen) atoms. The van der Waals surface area contributed by atoms with Crippen molar-refractivity contribution in [2.24, 2.45) is 0 Å². The largest absolute Gasteiger partial charge is 0.756 e. The van der Waals surface area contributed by atoms with Crippen LogP contribution >= 0.6 is 7.82 Å². The summed E-state index contributed by atoms with van der Waals surface area (Å²) in [6.07, 6.45) is 62.0. The number of hydrogen-bond donors (Lipinski definition) is 0. The van der Waals surface area contributed by atoms with Gasteiger partial charge in [-0.15, -0.1) is 0 Å². The van der Waals surface area contributed by atoms with Gasteiger partial charge < -0.3 is 27.9 Å². The van der Waals surface area contributed by atoms with Crippen LogP contribution in [0.1, 0.15) is 117 Å². The minimum Gasteiger partial charge on any atom is -0.756 e. The predicted molar refractivity (Wildman–Crippen MR) is 258 cm³/mol. The fraction of sp³-hybridized carbons (Fsp3) is 0.500. The molecule has 0 bridgehead atoms. The Morgan fingerprint density at radius 3 is 1.15 bits per heavy atom. The molecule has 0 saturated carbocycles. The first-order chi connectivity index (χ1) is 30.0. The zero-order valence-corrected chi connectivity index (χ0v) is 39.6. The molecule has 0 aliphatic heterocycles. The summed E-state index contributed by atoms with van der Waals surface area (Å²) in [6.45, 7) is 3.78. The molecule has 0 spiro atoms. The Labute approximate surface area is 376 Å². The third kappa shape index (κ3) is 45.4. The van der Waals surface area contributed by atoms with Crippen LogP contribution in [-0.4, -0.2) is 70.0 Å². The molecular formula is C52H80NO8P. The summed E-state index contributed by atoms with van der Waals surface area (Å²) in [5.74, 6) is -1.05. The Hall–Kier alpha value is -4.11. The fourth-order valence-electron chi connectivity index (χ4n) is 4.94. The number of allylic oxidation sites excluding steroid dienone is 24. The monoisotopic (exact) mass is 878 g/mol. The van der Waals surface area contributed by atoms with Crippen molar-refractivity contribution in [1.82, 2.24) is 0 Å². The standard InChI is InChI=1S/C52H80NO8P/c1-6-8-10-12-14-16-18-20-22-24-26-28-30-32-34-36-38-40-42-44-51(54)58-48-50(49-60-62(56,57)59-47-46-53(3,4)5)61-52(55)45-43-41-39-37-35-33-31-29-27-25-23-21-19-17-15-13-11-9-7-2/h8-11,14-17,20-23,26-29,32-35,38-41,50H,6-7,12-13,18-19,24-25,30-31,36-37,42-49H2,1-5H3/t50-/m1/s1. The second-order valence-electron chi connectivity index (χ2n) is 15.3. The summed E-state index contributed by atoms with van der Waals surface area (Å²) < 4.78 is 33.7. The quantitative estimate of drug-likeness (QED) is 0.0261. The van der Waals surface area contributed by atoms with Crippen molar-refractivity contribution in [2.45, 2.75) is 123 Å². The number of hydrogen-bond acceptors (Lipinski definition) is 8. The van der Waals surface area contributed by atoms with Crippen molar-refractivity contribution in [2.75, 3.05) is 47.5 Å². The van der Waals surface area contributed by atoms with Gasteiger partial charge in [-0.1, -0.05) is 160 Å². The summed E-state index contributed by atoms with van der Waals surface area (Å²) in [5, 5.41) is 0. The fourth-order valence-corrected chi connectivity index (χ4v) is 5.67. The molecule has 0 aliphatic carbocycles. The van der Waals surface area contributed by atoms with E-state index >= 15 is 0 Å². The molecule has 0 saturated heterocycles. The summed E-state index contributed by atoms with van der Waals surface area (Å²) in [5.41, 5.74) is 0. The second-order valence-corrected chi connectivity index (χ2v) is 16.7. The van der Waals surface area contributed by atoms with Crippen LogP contribution in [-0.2, 0) is 32.7 Å². The van der Waals surface area contributed by atoms with Crippen LogP contribution in [0, 0.1) is 0 Å². The SMILES string of the molecule is CCC=CCC=CCC=CCC=CCC=CCC=CCCC(=O)OC[C@H](COP(=O)([O-])OCC[N+](C)(C)C)OC(=O)CCC=CCC=CCC=CCC=CCC=CCC=CCC. The van der Waals surface area contributed by atoms with E-state index in [0.717, 1.165) is 77.0 Å². The van der Waals surface area contributed by atoms with Crippen LogP contribution in [0.3, 0.4) is 0 Å². The van der Waals surface area contributed by atoms with Crippen molar-refractivity contribution >= 4 is 19.8 Å². The summed E-state index contributed by atoms with van der Waals surface area (Å²) in [6, 6.07) is 0. The van der Waals surface area contributed by atoms with Gasteiger partial charge in [-0.2, -0.15) is 0 Å². The number of phosphoric acid groups is 1. The third-order valence-corrected chi connectivity index (χ3v) is 9.35. The van der Waals surface area contributed by atoms with Gasteiger partial charge in [0.1, 0.15) is 19.8 Å². The zero-order chi connectivity index (χ0) is 45.7. The van der Waals surface area contributed by atoms with Crippen LogP contribution in [0.4, 0.5) is 0 Å². The maximum Gasteiger partial charge on any atom is 0.306 e. The molecule has 0 fully saturated rings. The molecule has 0 N–H and O–H groups in total. The van der Waals surface area contributed by atoms with Gasteiger partial charge in [-0.25, -0.2) is 0 Å². The number of carbonyl (C=O) groups is 2. The maximum absolute atomic E-state index is 12.7. The molecular weight excluding hydrogens is 798 g/mol. The van der Waals surface area contributed by atoms with E-state index in [0.29, 0.717) is 23.9 Å². The average Bonchev–Trinajstić information content (AvgIpc) is 3.23. The van der Waals surface area contributed by atoms with Gasteiger partial charge in [-0.05, 0) is 89.9 Å². The lowest BCUT2D eigenvalue weighted by Crippen LogP contribution is -2.37. The Balaban J connectivity index is 4.63. The Bertz CT molecular complexity index is 1550. The highest BCUT2D eigenvalue weighted by Gasteiger charge is 2.21. The van der Waals surface area contributed by atoms with Crippen molar-refractivity contribution in [3.8, 4) is 0 Å². The summed E-state index contributed by atoms with van der Waals surface area (Å²) in [7, 11) is 1.05. The number of esters is 2. The van der Waals surface area contributed by atoms with E-state index in [2.05, 4.69) is 135 Å². The second kappa shape index (κ2) is 42.2. The van der Waals surface area contributed by atoms with Gasteiger partial charge in [0.2, 0.25) is 0 Å². The van der Waals surface area contributed by atoms with E-state index in [1.165, 1.54) is 0 Å². The Kier molecular flexibility index (Phi) is 39.4. The molecule has 9 nitrogen and oxygen atoms in total. The minimum absolute atomic E-state index is 0.0652. The first-order valence-corrected chi connectivity index (χ1v) is 24.0. The number of phosphoric ester groups is 1. The molecule has 0 aromatic carbocycles. The molecule has 2 atom stereocenters. The minimum atomic E-state index is -4.68. The first kappa shape index (κ1) is 57.9. The molecule has 0 amide bonds. The highest BCUT2D eigenvalue weighted by molar-refractivity contribution is 7.45. The first-order valence-electron chi connectivity index (χ1n) is 22.5. The number of carbonyl (C=O) groups excluding carboxylic acids is 2. The molecule has 0 aliphatic rings. The van der Waals surface area contributed by atoms with Gasteiger partial charge in [0.25, 0.3) is 7.82 Å². The number of quaternary nitrogens is 1. The highest BCUT2D eigenvalue weighted by atomic mass is 31.2. The summed E-state index contributed by atoms with van der Waals surface area (Å²) in [4.78, 5) is 37.5. The lowest BCUT2D eigenvalue weighted by molar-refractivity contribution is -0.870. The molecule has 0 aromatic rings. The Morgan fingerprint density at radius 2 is 0.806 bits per heavy atom. The molecule has 1 unspecified atom stereocenters. The lowest BCUT2D eigenvalue weighted by atomic mass is 10.2. The van der Waals surface area contributed by atoms with E-state index < -0.39 is 32.5 Å². The van der Waals surface area contributed by atoms with Crippen molar-refractivity contribution in [3.05, 3.63) is 146 Å². The highest BCUT2D eigenvalue weighted by Crippen LogP contribution is 2.38. The maximum atomic E-state index is 12.7. The van der Waals surface area contributed by atoms with E-state index in [9.17, 15) is 19.0 Å². The Morgan fingerprint density at radius 1 is 0.484 bits per heavy atom. The van der Waals surface area contributed by atoms with Crippen molar-refractivity contribution in [1.29, 1.82) is 0 Å². The van der Waals surface area contributed by atoms with Gasteiger partial charge >= 0.3 is 11.9 Å². The predicted octanol–water partition coefficient (Wildman–Crippen LogP) is 12.6. The smallest absolute Gasteiger partial charge is 0.306 e. The van der Waals surface area contributed by atoms with E-state index in [4.69, 9.17) is 18.5 Å². The molecule has 346 valence electrons. The molecule has 10 heteroatoms. The number of rotatable bonds is 38. The molecule has 0 aromatic heterocycles. The van der Waals surface area contributed by atoms with Gasteiger partial charge in [0.15, 0.2) is 6.10 Å². The zero-order valence-electron chi connectivity index (χ0n) is 38.7. The van der Waals surface area contributed by atoms with E-state index in [-0.39, 0.29) is 26.1 Å². The topological polar surface area (TPSA) is 111 Å². The van der Waals surface area contributed by atoms with E-state index in [1.54, 1.807) is 0 Å². The normalized spacial score (nSPS) is 14.9. The number of likely N-dealkylation sites (N-methyl/N-ethyl adjacent to an activating group) is 1. The molecule has 0 radical (unpaired) electrons. The molecule has 0 heterocycles. The number of ether oxygens (including phenoxy) is 2. The van der Waals surface area contributed by atoms with Gasteiger partial charge in [0, 0.05) is 12.8 Å². The van der Waals surface area contributed by atoms with Gasteiger partial charge in [-0.3, -0.25) is 14.2 Å².